The second-order valence-electron chi connectivity index (χ2n) is 3.26. The molecule has 0 radical (unpaired) electrons. The van der Waals surface area contributed by atoms with Crippen LogP contribution in [0.3, 0.4) is 0 Å². The highest BCUT2D eigenvalue weighted by atomic mass is 35.5. The van der Waals surface area contributed by atoms with E-state index in [1.807, 2.05) is 0 Å². The molecule has 0 atom stereocenters. The zero-order valence-electron chi connectivity index (χ0n) is 8.69. The van der Waals surface area contributed by atoms with Crippen molar-refractivity contribution in [3.63, 3.8) is 0 Å². The van der Waals surface area contributed by atoms with Crippen LogP contribution in [0.15, 0.2) is 36.5 Å². The molecule has 0 spiro atoms. The lowest BCUT2D eigenvalue weighted by Crippen LogP contribution is -2.02. The molecule has 0 aliphatic carbocycles. The first-order valence-corrected chi connectivity index (χ1v) is 5.38. The molecule has 6 heteroatoms. The number of rotatable bonds is 4. The van der Waals surface area contributed by atoms with Crippen LogP contribution in [0.4, 0.5) is 8.78 Å². The van der Waals surface area contributed by atoms with E-state index in [0.717, 1.165) is 11.4 Å². The van der Waals surface area contributed by atoms with Crippen molar-refractivity contribution in [3.05, 3.63) is 42.2 Å². The fourth-order valence-electron chi connectivity index (χ4n) is 1.36. The molecule has 0 amide bonds. The van der Waals surface area contributed by atoms with Crippen LogP contribution in [0, 0.1) is 0 Å². The summed E-state index contributed by atoms with van der Waals surface area (Å²) in [7, 11) is 0. The van der Waals surface area contributed by atoms with E-state index in [2.05, 4.69) is 9.84 Å². The predicted octanol–water partition coefficient (Wildman–Crippen LogP) is 3.21. The Balaban J connectivity index is 2.17. The van der Waals surface area contributed by atoms with Crippen LogP contribution < -0.4 is 4.74 Å². The number of alkyl halides is 3. The Kier molecular flexibility index (Phi) is 3.58. The molecular formula is C11H9ClF2N2O. The monoisotopic (exact) mass is 258 g/mol. The standard InChI is InChI=1S/C11H9ClF2N2O/c12-7-8-5-6-16(15-8)9-1-3-10(4-2-9)17-11(13)14/h1-6,11H,7H2. The van der Waals surface area contributed by atoms with E-state index in [0.29, 0.717) is 5.88 Å². The van der Waals surface area contributed by atoms with Crippen LogP contribution in [-0.2, 0) is 5.88 Å². The van der Waals surface area contributed by atoms with Gasteiger partial charge in [-0.3, -0.25) is 0 Å². The molecule has 0 bridgehead atoms. The van der Waals surface area contributed by atoms with Crippen LogP contribution in [0.2, 0.25) is 0 Å². The fraction of sp³-hybridized carbons (Fsp3) is 0.182. The van der Waals surface area contributed by atoms with Crippen molar-refractivity contribution in [3.8, 4) is 11.4 Å². The molecule has 0 aliphatic rings. The van der Waals surface area contributed by atoms with Crippen molar-refractivity contribution < 1.29 is 13.5 Å². The molecule has 0 aliphatic heterocycles. The molecule has 0 saturated carbocycles. The van der Waals surface area contributed by atoms with Crippen LogP contribution in [0.1, 0.15) is 5.69 Å². The minimum atomic E-state index is -2.81. The van der Waals surface area contributed by atoms with Crippen molar-refractivity contribution in [1.82, 2.24) is 9.78 Å². The normalized spacial score (nSPS) is 10.8. The summed E-state index contributed by atoms with van der Waals surface area (Å²) in [6, 6.07) is 8.00. The molecule has 1 heterocycles. The Morgan fingerprint density at radius 3 is 2.47 bits per heavy atom. The highest BCUT2D eigenvalue weighted by molar-refractivity contribution is 6.16. The van der Waals surface area contributed by atoms with Gasteiger partial charge in [-0.25, -0.2) is 4.68 Å². The van der Waals surface area contributed by atoms with E-state index in [9.17, 15) is 8.78 Å². The lowest BCUT2D eigenvalue weighted by molar-refractivity contribution is -0.0498. The third-order valence-electron chi connectivity index (χ3n) is 2.11. The minimum Gasteiger partial charge on any atom is -0.435 e. The van der Waals surface area contributed by atoms with E-state index >= 15 is 0 Å². The van der Waals surface area contributed by atoms with Gasteiger partial charge in [0.25, 0.3) is 0 Å². The van der Waals surface area contributed by atoms with Crippen molar-refractivity contribution in [2.75, 3.05) is 0 Å². The summed E-state index contributed by atoms with van der Waals surface area (Å²) < 4.78 is 29.7. The van der Waals surface area contributed by atoms with Crippen LogP contribution >= 0.6 is 11.6 Å². The van der Waals surface area contributed by atoms with E-state index in [1.54, 1.807) is 29.1 Å². The topological polar surface area (TPSA) is 27.1 Å². The van der Waals surface area contributed by atoms with E-state index in [1.165, 1.54) is 12.1 Å². The number of hydrogen-bond acceptors (Lipinski definition) is 2. The largest absolute Gasteiger partial charge is 0.435 e. The van der Waals surface area contributed by atoms with E-state index in [4.69, 9.17) is 11.6 Å². The molecule has 0 unspecified atom stereocenters. The maximum absolute atomic E-state index is 11.9. The third kappa shape index (κ3) is 2.94. The van der Waals surface area contributed by atoms with Gasteiger partial charge in [0, 0.05) is 6.20 Å². The number of ether oxygens (including phenoxy) is 1. The Labute approximate surface area is 102 Å². The summed E-state index contributed by atoms with van der Waals surface area (Å²) in [5.41, 5.74) is 1.50. The van der Waals surface area contributed by atoms with Gasteiger partial charge in [-0.1, -0.05) is 0 Å². The third-order valence-corrected chi connectivity index (χ3v) is 2.38. The van der Waals surface area contributed by atoms with Crippen molar-refractivity contribution in [1.29, 1.82) is 0 Å². The number of hydrogen-bond donors (Lipinski definition) is 0. The molecule has 90 valence electrons. The van der Waals surface area contributed by atoms with Crippen LogP contribution in [-0.4, -0.2) is 16.4 Å². The highest BCUT2D eigenvalue weighted by Crippen LogP contribution is 2.17. The first kappa shape index (κ1) is 11.9. The van der Waals surface area contributed by atoms with Gasteiger partial charge in [0.2, 0.25) is 0 Å². The molecular weight excluding hydrogens is 250 g/mol. The second kappa shape index (κ2) is 5.14. The Bertz CT molecular complexity index is 484. The SMILES string of the molecule is FC(F)Oc1ccc(-n2ccc(CCl)n2)cc1. The number of benzene rings is 1. The quantitative estimate of drug-likeness (QED) is 0.788. The second-order valence-corrected chi connectivity index (χ2v) is 3.52. The zero-order chi connectivity index (χ0) is 12.3. The molecule has 1 aromatic heterocycles. The van der Waals surface area contributed by atoms with Gasteiger partial charge in [0.05, 0.1) is 17.3 Å². The maximum atomic E-state index is 11.9. The van der Waals surface area contributed by atoms with Crippen LogP contribution in [0.5, 0.6) is 5.75 Å². The van der Waals surface area contributed by atoms with Gasteiger partial charge in [-0.05, 0) is 30.3 Å². The van der Waals surface area contributed by atoms with Gasteiger partial charge in [-0.2, -0.15) is 13.9 Å². The van der Waals surface area contributed by atoms with Gasteiger partial charge >= 0.3 is 6.61 Å². The number of nitrogens with zero attached hydrogens (tertiary/aromatic N) is 2. The summed E-state index contributed by atoms with van der Waals surface area (Å²) in [4.78, 5) is 0. The van der Waals surface area contributed by atoms with Crippen molar-refractivity contribution >= 4 is 11.6 Å². The van der Waals surface area contributed by atoms with Gasteiger partial charge in [-0.15, -0.1) is 11.6 Å². The summed E-state index contributed by atoms with van der Waals surface area (Å²) in [6.07, 6.45) is 1.75. The van der Waals surface area contributed by atoms with Crippen LogP contribution in [0.25, 0.3) is 5.69 Å². The molecule has 0 saturated heterocycles. The lowest BCUT2D eigenvalue weighted by atomic mass is 10.3. The Morgan fingerprint density at radius 1 is 1.24 bits per heavy atom. The first-order chi connectivity index (χ1) is 8.19. The average molecular weight is 259 g/mol. The molecule has 2 aromatic rings. The van der Waals surface area contributed by atoms with Crippen molar-refractivity contribution in [2.24, 2.45) is 0 Å². The number of aromatic nitrogens is 2. The fourth-order valence-corrected chi connectivity index (χ4v) is 1.50. The van der Waals surface area contributed by atoms with Gasteiger partial charge in [0.15, 0.2) is 0 Å². The molecule has 1 aromatic carbocycles. The molecule has 0 fully saturated rings. The lowest BCUT2D eigenvalue weighted by Gasteiger charge is -2.05. The minimum absolute atomic E-state index is 0.119. The average Bonchev–Trinajstić information content (AvgIpc) is 2.78. The van der Waals surface area contributed by atoms with Crippen molar-refractivity contribution in [2.45, 2.75) is 12.5 Å². The summed E-state index contributed by atoms with van der Waals surface area (Å²) in [5, 5.41) is 4.19. The van der Waals surface area contributed by atoms with E-state index < -0.39 is 6.61 Å². The summed E-state index contributed by atoms with van der Waals surface area (Å²) >= 11 is 5.63. The van der Waals surface area contributed by atoms with Gasteiger partial charge < -0.3 is 4.74 Å². The Morgan fingerprint density at radius 2 is 1.94 bits per heavy atom. The zero-order valence-corrected chi connectivity index (χ0v) is 9.44. The predicted molar refractivity (Wildman–Crippen MR) is 59.8 cm³/mol. The summed E-state index contributed by atoms with van der Waals surface area (Å²) in [6.45, 7) is -2.81. The van der Waals surface area contributed by atoms with E-state index in [-0.39, 0.29) is 5.75 Å². The molecule has 17 heavy (non-hydrogen) atoms. The summed E-state index contributed by atoms with van der Waals surface area (Å²) in [5.74, 6) is 0.452. The number of halogens is 3. The Hall–Kier alpha value is -1.62. The molecule has 2 rings (SSSR count). The van der Waals surface area contributed by atoms with Gasteiger partial charge in [0.1, 0.15) is 5.75 Å². The maximum Gasteiger partial charge on any atom is 0.387 e. The first-order valence-electron chi connectivity index (χ1n) is 4.85. The highest BCUT2D eigenvalue weighted by Gasteiger charge is 2.05. The smallest absolute Gasteiger partial charge is 0.387 e. The molecule has 0 N–H and O–H groups in total. The molecule has 3 nitrogen and oxygen atoms in total.